The summed E-state index contributed by atoms with van der Waals surface area (Å²) < 4.78 is 10.8. The highest BCUT2D eigenvalue weighted by atomic mass is 16.5. The van der Waals surface area contributed by atoms with Gasteiger partial charge in [-0.1, -0.05) is 6.07 Å². The third-order valence-corrected chi connectivity index (χ3v) is 3.34. The van der Waals surface area contributed by atoms with Crippen LogP contribution in [0.15, 0.2) is 42.7 Å². The maximum Gasteiger partial charge on any atom is 0.170 e. The number of rotatable bonds is 3. The maximum atomic E-state index is 6.05. The van der Waals surface area contributed by atoms with E-state index in [0.29, 0.717) is 17.3 Å². The average Bonchev–Trinajstić information content (AvgIpc) is 2.54. The van der Waals surface area contributed by atoms with Crippen molar-refractivity contribution >= 4 is 16.6 Å². The summed E-state index contributed by atoms with van der Waals surface area (Å²) in [7, 11) is 3.21. The smallest absolute Gasteiger partial charge is 0.170 e. The first-order valence-corrected chi connectivity index (χ1v) is 6.46. The zero-order chi connectivity index (χ0) is 14.8. The molecule has 0 saturated heterocycles. The predicted octanol–water partition coefficient (Wildman–Crippen LogP) is 2.90. The van der Waals surface area contributed by atoms with E-state index in [1.54, 1.807) is 26.6 Å². The van der Waals surface area contributed by atoms with Gasteiger partial charge in [-0.05, 0) is 24.3 Å². The zero-order valence-electron chi connectivity index (χ0n) is 11.8. The van der Waals surface area contributed by atoms with Crippen LogP contribution in [0.25, 0.3) is 22.0 Å². The van der Waals surface area contributed by atoms with E-state index in [2.05, 4.69) is 9.97 Å². The van der Waals surface area contributed by atoms with Gasteiger partial charge in [0.05, 0.1) is 19.9 Å². The number of nitrogens with zero attached hydrogens (tertiary/aromatic N) is 2. The Morgan fingerprint density at radius 1 is 1.10 bits per heavy atom. The Bertz CT molecular complexity index is 803. The molecular weight excluding hydrogens is 266 g/mol. The fraction of sp³-hybridized carbons (Fsp3) is 0.125. The number of anilines is 1. The van der Waals surface area contributed by atoms with Crippen molar-refractivity contribution in [2.24, 2.45) is 0 Å². The molecule has 0 unspecified atom stereocenters. The number of nitrogen functional groups attached to an aromatic ring is 1. The summed E-state index contributed by atoms with van der Waals surface area (Å²) >= 11 is 0. The van der Waals surface area contributed by atoms with Crippen LogP contribution in [-0.4, -0.2) is 24.2 Å². The minimum absolute atomic E-state index is 0.467. The van der Waals surface area contributed by atoms with E-state index in [1.807, 2.05) is 30.3 Å². The van der Waals surface area contributed by atoms with E-state index in [1.165, 1.54) is 0 Å². The molecule has 0 aliphatic heterocycles. The lowest BCUT2D eigenvalue weighted by atomic mass is 10.1. The second-order valence-electron chi connectivity index (χ2n) is 4.53. The van der Waals surface area contributed by atoms with Crippen LogP contribution in [0.5, 0.6) is 11.5 Å². The van der Waals surface area contributed by atoms with E-state index in [9.17, 15) is 0 Å². The molecule has 0 amide bonds. The van der Waals surface area contributed by atoms with Crippen molar-refractivity contribution in [3.63, 3.8) is 0 Å². The molecule has 106 valence electrons. The Labute approximate surface area is 122 Å². The number of aromatic nitrogens is 2. The summed E-state index contributed by atoms with van der Waals surface area (Å²) in [5.74, 6) is 1.76. The van der Waals surface area contributed by atoms with Crippen LogP contribution in [0, 0.1) is 0 Å². The number of fused-ring (bicyclic) bond motifs is 1. The fourth-order valence-electron chi connectivity index (χ4n) is 2.35. The molecule has 0 aliphatic carbocycles. The highest BCUT2D eigenvalue weighted by Gasteiger charge is 2.14. The maximum absolute atomic E-state index is 6.05. The number of para-hydroxylation sites is 1. The van der Waals surface area contributed by atoms with Gasteiger partial charge in [-0.2, -0.15) is 0 Å². The van der Waals surface area contributed by atoms with Gasteiger partial charge in [0, 0.05) is 28.7 Å². The summed E-state index contributed by atoms with van der Waals surface area (Å²) in [6, 6.07) is 9.45. The summed E-state index contributed by atoms with van der Waals surface area (Å²) in [4.78, 5) is 8.60. The van der Waals surface area contributed by atoms with Crippen LogP contribution in [0.2, 0.25) is 0 Å². The molecule has 1 aromatic carbocycles. The number of methoxy groups -OCH3 is 2. The van der Waals surface area contributed by atoms with Crippen LogP contribution in [0.1, 0.15) is 0 Å². The quantitative estimate of drug-likeness (QED) is 0.799. The first-order chi connectivity index (χ1) is 10.2. The van der Waals surface area contributed by atoms with Crippen LogP contribution in [-0.2, 0) is 0 Å². The van der Waals surface area contributed by atoms with E-state index in [0.717, 1.165) is 22.0 Å². The van der Waals surface area contributed by atoms with Crippen molar-refractivity contribution in [3.8, 4) is 22.8 Å². The van der Waals surface area contributed by atoms with Gasteiger partial charge in [0.25, 0.3) is 0 Å². The standard InChI is InChI=1S/C16H15N3O2/c1-20-14-5-3-4-12(15(14)21-2)13-8-10-9-18-7-6-11(10)16(17)19-13/h3-9H,1-2H3,(H2,17,19). The lowest BCUT2D eigenvalue weighted by Crippen LogP contribution is -1.97. The van der Waals surface area contributed by atoms with Crippen LogP contribution >= 0.6 is 0 Å². The Morgan fingerprint density at radius 2 is 1.95 bits per heavy atom. The molecule has 0 radical (unpaired) electrons. The number of benzene rings is 1. The first kappa shape index (κ1) is 13.2. The third-order valence-electron chi connectivity index (χ3n) is 3.34. The minimum Gasteiger partial charge on any atom is -0.493 e. The van der Waals surface area contributed by atoms with Gasteiger partial charge in [0.1, 0.15) is 5.82 Å². The summed E-state index contributed by atoms with van der Waals surface area (Å²) in [6.45, 7) is 0. The van der Waals surface area contributed by atoms with E-state index in [4.69, 9.17) is 15.2 Å². The molecule has 0 aliphatic rings. The third kappa shape index (κ3) is 2.23. The minimum atomic E-state index is 0.467. The zero-order valence-corrected chi connectivity index (χ0v) is 11.8. The molecule has 3 rings (SSSR count). The molecule has 5 nitrogen and oxygen atoms in total. The van der Waals surface area contributed by atoms with Crippen LogP contribution < -0.4 is 15.2 Å². The molecule has 2 aromatic heterocycles. The lowest BCUT2D eigenvalue weighted by molar-refractivity contribution is 0.356. The Kier molecular flexibility index (Phi) is 3.31. The van der Waals surface area contributed by atoms with Crippen LogP contribution in [0.3, 0.4) is 0 Å². The van der Waals surface area contributed by atoms with E-state index < -0.39 is 0 Å². The van der Waals surface area contributed by atoms with Gasteiger partial charge in [0.2, 0.25) is 0 Å². The molecule has 2 N–H and O–H groups in total. The lowest BCUT2D eigenvalue weighted by Gasteiger charge is -2.13. The van der Waals surface area contributed by atoms with E-state index in [-0.39, 0.29) is 0 Å². The summed E-state index contributed by atoms with van der Waals surface area (Å²) in [6.07, 6.45) is 3.47. The number of nitrogens with two attached hydrogens (primary N) is 1. The van der Waals surface area contributed by atoms with Crippen molar-refractivity contribution in [1.82, 2.24) is 9.97 Å². The SMILES string of the molecule is COc1cccc(-c2cc3cnccc3c(N)n2)c1OC. The number of hydrogen-bond acceptors (Lipinski definition) is 5. The molecule has 0 atom stereocenters. The van der Waals surface area contributed by atoms with Gasteiger partial charge >= 0.3 is 0 Å². The number of hydrogen-bond donors (Lipinski definition) is 1. The van der Waals surface area contributed by atoms with Crippen molar-refractivity contribution in [1.29, 1.82) is 0 Å². The molecule has 0 fully saturated rings. The highest BCUT2D eigenvalue weighted by molar-refractivity contribution is 5.93. The van der Waals surface area contributed by atoms with Gasteiger partial charge in [-0.3, -0.25) is 4.98 Å². The normalized spacial score (nSPS) is 10.6. The topological polar surface area (TPSA) is 70.3 Å². The summed E-state index contributed by atoms with van der Waals surface area (Å²) in [5, 5.41) is 1.82. The predicted molar refractivity (Wildman–Crippen MR) is 82.5 cm³/mol. The highest BCUT2D eigenvalue weighted by Crippen LogP contribution is 2.38. The first-order valence-electron chi connectivity index (χ1n) is 6.46. The molecular formula is C16H15N3O2. The van der Waals surface area contributed by atoms with Crippen molar-refractivity contribution in [3.05, 3.63) is 42.7 Å². The Hall–Kier alpha value is -2.82. The van der Waals surface area contributed by atoms with Crippen molar-refractivity contribution in [2.45, 2.75) is 0 Å². The molecule has 0 spiro atoms. The molecule has 0 bridgehead atoms. The van der Waals surface area contributed by atoms with Crippen LogP contribution in [0.4, 0.5) is 5.82 Å². The Balaban J connectivity index is 2.26. The van der Waals surface area contributed by atoms with Crippen molar-refractivity contribution < 1.29 is 9.47 Å². The molecule has 3 aromatic rings. The largest absolute Gasteiger partial charge is 0.493 e. The van der Waals surface area contributed by atoms with Gasteiger partial charge in [-0.25, -0.2) is 4.98 Å². The summed E-state index contributed by atoms with van der Waals surface area (Å²) in [5.41, 5.74) is 7.60. The molecule has 21 heavy (non-hydrogen) atoms. The number of ether oxygens (including phenoxy) is 2. The second kappa shape index (κ2) is 5.28. The fourth-order valence-corrected chi connectivity index (χ4v) is 2.35. The van der Waals surface area contributed by atoms with Gasteiger partial charge in [0.15, 0.2) is 11.5 Å². The molecule has 5 heteroatoms. The number of pyridine rings is 2. The van der Waals surface area contributed by atoms with Gasteiger partial charge < -0.3 is 15.2 Å². The molecule has 0 saturated carbocycles. The monoisotopic (exact) mass is 281 g/mol. The Morgan fingerprint density at radius 3 is 2.71 bits per heavy atom. The average molecular weight is 281 g/mol. The second-order valence-corrected chi connectivity index (χ2v) is 4.53. The van der Waals surface area contributed by atoms with E-state index >= 15 is 0 Å². The van der Waals surface area contributed by atoms with Gasteiger partial charge in [-0.15, -0.1) is 0 Å². The van der Waals surface area contributed by atoms with Crippen molar-refractivity contribution in [2.75, 3.05) is 20.0 Å². The molecule has 2 heterocycles.